The number of aryl methyl sites for hydroxylation is 3. The third-order valence-corrected chi connectivity index (χ3v) is 9.59. The number of fused-ring (bicyclic) bond motifs is 12. The molecule has 0 fully saturated rings. The Morgan fingerprint density at radius 1 is 0.467 bits per heavy atom. The molecule has 45 heavy (non-hydrogen) atoms. The van der Waals surface area contributed by atoms with Crippen LogP contribution in [0.1, 0.15) is 90.4 Å². The molecule has 0 amide bonds. The first-order valence-corrected chi connectivity index (χ1v) is 16.4. The van der Waals surface area contributed by atoms with E-state index >= 15 is 0 Å². The molecule has 0 aliphatic rings. The molecule has 3 aromatic heterocycles. The van der Waals surface area contributed by atoms with Gasteiger partial charge in [0.2, 0.25) is 0 Å². The monoisotopic (exact) mass is 597 g/mol. The predicted octanol–water partition coefficient (Wildman–Crippen LogP) is 9.85. The average Bonchev–Trinajstić information content (AvgIpc) is 3.69. The van der Waals surface area contributed by atoms with E-state index in [0.717, 1.165) is 142 Å². The minimum absolute atomic E-state index is 0.651. The number of nitrogens with zero attached hydrogens (tertiary/aromatic N) is 3. The third-order valence-electron chi connectivity index (χ3n) is 9.59. The molecule has 6 nitrogen and oxygen atoms in total. The zero-order valence-corrected chi connectivity index (χ0v) is 26.4. The number of carbonyl (C=O) groups excluding carboxylic acids is 3. The number of unbranched alkanes of at least 4 members (excludes halogenated alkanes) is 3. The number of hydrogen-bond donors (Lipinski definition) is 0. The molecule has 228 valence electrons. The third kappa shape index (κ3) is 4.33. The fraction of sp³-hybridized carbons (Fsp3) is 0.308. The second-order valence-corrected chi connectivity index (χ2v) is 12.4. The molecule has 0 spiro atoms. The summed E-state index contributed by atoms with van der Waals surface area (Å²) in [5.41, 5.74) is 8.75. The topological polar surface area (TPSA) is 66.0 Å². The highest BCUT2D eigenvalue weighted by Crippen LogP contribution is 2.48. The average molecular weight is 598 g/mol. The smallest absolute Gasteiger partial charge is 0.150 e. The van der Waals surface area contributed by atoms with E-state index in [2.05, 4.69) is 52.7 Å². The fourth-order valence-corrected chi connectivity index (χ4v) is 7.48. The summed E-state index contributed by atoms with van der Waals surface area (Å²) in [5, 5.41) is 6.61. The Morgan fingerprint density at radius 2 is 0.756 bits per heavy atom. The highest BCUT2D eigenvalue weighted by Gasteiger charge is 2.27. The van der Waals surface area contributed by atoms with E-state index < -0.39 is 0 Å². The summed E-state index contributed by atoms with van der Waals surface area (Å²) < 4.78 is 7.38. The van der Waals surface area contributed by atoms with Crippen molar-refractivity contribution >= 4 is 84.3 Å². The maximum atomic E-state index is 12.1. The zero-order chi connectivity index (χ0) is 31.2. The normalized spacial score (nSPS) is 12.1. The maximum absolute atomic E-state index is 12.1. The highest BCUT2D eigenvalue weighted by molar-refractivity contribution is 6.39. The van der Waals surface area contributed by atoms with E-state index in [-0.39, 0.29) is 0 Å². The minimum atomic E-state index is 0.651. The molecule has 7 rings (SSSR count). The van der Waals surface area contributed by atoms with Gasteiger partial charge in [-0.25, -0.2) is 0 Å². The predicted molar refractivity (Wildman–Crippen MR) is 186 cm³/mol. The van der Waals surface area contributed by atoms with Gasteiger partial charge in [0.15, 0.2) is 0 Å². The Morgan fingerprint density at radius 3 is 1.00 bits per heavy atom. The Labute approximate surface area is 262 Å². The van der Waals surface area contributed by atoms with Gasteiger partial charge >= 0.3 is 0 Å². The second-order valence-electron chi connectivity index (χ2n) is 12.4. The second kappa shape index (κ2) is 11.7. The van der Waals surface area contributed by atoms with Crippen LogP contribution in [0.4, 0.5) is 0 Å². The highest BCUT2D eigenvalue weighted by atomic mass is 16.1. The zero-order valence-electron chi connectivity index (χ0n) is 26.4. The van der Waals surface area contributed by atoms with Crippen molar-refractivity contribution in [2.24, 2.45) is 0 Å². The van der Waals surface area contributed by atoms with Gasteiger partial charge in [0.05, 0.1) is 16.6 Å². The van der Waals surface area contributed by atoms with E-state index in [9.17, 15) is 14.4 Å². The molecular weight excluding hydrogens is 558 g/mol. The van der Waals surface area contributed by atoms with Crippen molar-refractivity contribution in [1.82, 2.24) is 13.7 Å². The lowest BCUT2D eigenvalue weighted by Crippen LogP contribution is -2.01. The van der Waals surface area contributed by atoms with Gasteiger partial charge in [-0.1, -0.05) is 40.0 Å². The first-order valence-electron chi connectivity index (χ1n) is 16.4. The molecule has 0 radical (unpaired) electrons. The van der Waals surface area contributed by atoms with Crippen LogP contribution >= 0.6 is 0 Å². The molecule has 0 saturated carbocycles. The lowest BCUT2D eigenvalue weighted by Gasteiger charge is -2.13. The molecule has 3 heterocycles. The van der Waals surface area contributed by atoms with Gasteiger partial charge in [0.1, 0.15) is 18.9 Å². The van der Waals surface area contributed by atoms with Gasteiger partial charge < -0.3 is 13.7 Å². The molecule has 4 aromatic carbocycles. The van der Waals surface area contributed by atoms with Crippen LogP contribution in [0, 0.1) is 0 Å². The van der Waals surface area contributed by atoms with E-state index in [4.69, 9.17) is 0 Å². The number of aromatic nitrogens is 3. The molecule has 0 aliphatic carbocycles. The standard InChI is InChI=1S/C39H39N3O3/c1-4-7-16-40-31-13-10-25(22-43)19-28(31)34-37(40)35-29-20-26(23-44)11-14-32(29)41(17-8-5-2)39(35)36-30-21-27(24-45)12-15-33(30)42(38(34)36)18-9-6-3/h10-15,19-24H,4-9,16-18H2,1-3H3. The number of carbonyl (C=O) groups is 3. The number of hydrogen-bond acceptors (Lipinski definition) is 3. The summed E-state index contributed by atoms with van der Waals surface area (Å²) in [6, 6.07) is 18.2. The molecule has 0 unspecified atom stereocenters. The van der Waals surface area contributed by atoms with Crippen LogP contribution in [0.25, 0.3) is 65.4 Å². The number of rotatable bonds is 12. The van der Waals surface area contributed by atoms with Crippen LogP contribution in [0.3, 0.4) is 0 Å². The largest absolute Gasteiger partial charge is 0.340 e. The molecule has 0 N–H and O–H groups in total. The molecule has 0 bridgehead atoms. The van der Waals surface area contributed by atoms with Gasteiger partial charge in [-0.3, -0.25) is 14.4 Å². The van der Waals surface area contributed by atoms with Crippen molar-refractivity contribution in [2.45, 2.75) is 78.9 Å². The quantitative estimate of drug-likeness (QED) is 0.132. The van der Waals surface area contributed by atoms with Crippen molar-refractivity contribution in [3.63, 3.8) is 0 Å². The lowest BCUT2D eigenvalue weighted by molar-refractivity contribution is 0.111. The van der Waals surface area contributed by atoms with Gasteiger partial charge in [-0.05, 0) is 73.9 Å². The molecule has 6 heteroatoms. The molecular formula is C39H39N3O3. The van der Waals surface area contributed by atoms with E-state index in [1.807, 2.05) is 36.4 Å². The van der Waals surface area contributed by atoms with E-state index in [0.29, 0.717) is 16.7 Å². The van der Waals surface area contributed by atoms with Crippen LogP contribution in [0.15, 0.2) is 54.6 Å². The summed E-state index contributed by atoms with van der Waals surface area (Å²) in [6.07, 6.45) is 9.00. The van der Waals surface area contributed by atoms with Crippen molar-refractivity contribution in [3.8, 4) is 0 Å². The van der Waals surface area contributed by atoms with Gasteiger partial charge in [0, 0.05) is 85.2 Å². The van der Waals surface area contributed by atoms with Crippen LogP contribution in [0.5, 0.6) is 0 Å². The lowest BCUT2D eigenvalue weighted by atomic mass is 10.0. The summed E-state index contributed by atoms with van der Waals surface area (Å²) in [5.74, 6) is 0. The van der Waals surface area contributed by atoms with Crippen LogP contribution in [0.2, 0.25) is 0 Å². The first-order chi connectivity index (χ1) is 22.1. The van der Waals surface area contributed by atoms with Crippen molar-refractivity contribution < 1.29 is 14.4 Å². The molecule has 0 saturated heterocycles. The summed E-state index contributed by atoms with van der Waals surface area (Å²) in [4.78, 5) is 36.4. The summed E-state index contributed by atoms with van der Waals surface area (Å²) >= 11 is 0. The molecule has 0 atom stereocenters. The van der Waals surface area contributed by atoms with Gasteiger partial charge in [-0.2, -0.15) is 0 Å². The Balaban J connectivity index is 1.88. The maximum Gasteiger partial charge on any atom is 0.150 e. The SMILES string of the molecule is CCCCn1c2ccc(C=O)cc2c2c1c1c3cc(C=O)ccc3n(CCCC)c1c1c3cc(C=O)ccc3n(CCCC)c21. The van der Waals surface area contributed by atoms with Crippen LogP contribution < -0.4 is 0 Å². The Hall–Kier alpha value is -4.71. The first kappa shape index (κ1) is 29.0. The summed E-state index contributed by atoms with van der Waals surface area (Å²) in [6.45, 7) is 9.18. The van der Waals surface area contributed by atoms with Gasteiger partial charge in [0.25, 0.3) is 0 Å². The van der Waals surface area contributed by atoms with Crippen molar-refractivity contribution in [2.75, 3.05) is 0 Å². The number of aldehydes is 3. The van der Waals surface area contributed by atoms with E-state index in [1.54, 1.807) is 0 Å². The Kier molecular flexibility index (Phi) is 7.52. The van der Waals surface area contributed by atoms with Crippen LogP contribution in [-0.2, 0) is 19.6 Å². The molecule has 0 aliphatic heterocycles. The van der Waals surface area contributed by atoms with Crippen LogP contribution in [-0.4, -0.2) is 32.6 Å². The fourth-order valence-electron chi connectivity index (χ4n) is 7.48. The van der Waals surface area contributed by atoms with Crippen molar-refractivity contribution in [1.29, 1.82) is 0 Å². The van der Waals surface area contributed by atoms with E-state index in [1.165, 1.54) is 0 Å². The summed E-state index contributed by atoms with van der Waals surface area (Å²) in [7, 11) is 0. The molecule has 7 aromatic rings. The minimum Gasteiger partial charge on any atom is -0.340 e. The number of benzene rings is 4. The van der Waals surface area contributed by atoms with Crippen molar-refractivity contribution in [3.05, 3.63) is 71.3 Å². The van der Waals surface area contributed by atoms with Gasteiger partial charge in [-0.15, -0.1) is 0 Å². The Bertz CT molecular complexity index is 2010.